The number of hydrogen-bond acceptors (Lipinski definition) is 5. The van der Waals surface area contributed by atoms with Crippen LogP contribution in [-0.4, -0.2) is 41.9 Å². The molecule has 0 fully saturated rings. The number of halogens is 1. The van der Waals surface area contributed by atoms with Gasteiger partial charge in [-0.3, -0.25) is 0 Å². The lowest BCUT2D eigenvalue weighted by Gasteiger charge is -2.15. The van der Waals surface area contributed by atoms with Crippen LogP contribution in [0.15, 0.2) is 35.5 Å². The van der Waals surface area contributed by atoms with E-state index >= 15 is 0 Å². The van der Waals surface area contributed by atoms with E-state index in [0.717, 1.165) is 11.4 Å². The van der Waals surface area contributed by atoms with E-state index in [1.165, 1.54) is 29.1 Å². The van der Waals surface area contributed by atoms with Gasteiger partial charge in [0.2, 0.25) is 0 Å². The molecule has 0 spiro atoms. The molecule has 1 atom stereocenters. The summed E-state index contributed by atoms with van der Waals surface area (Å²) < 4.78 is 18.3. The first kappa shape index (κ1) is 20.1. The van der Waals surface area contributed by atoms with Gasteiger partial charge in [0.15, 0.2) is 5.96 Å². The van der Waals surface area contributed by atoms with Crippen molar-refractivity contribution in [2.24, 2.45) is 4.99 Å². The molecule has 2 aromatic rings. The number of hydrogen-bond donors (Lipinski definition) is 3. The maximum atomic E-state index is 12.8. The van der Waals surface area contributed by atoms with Crippen molar-refractivity contribution in [3.05, 3.63) is 46.2 Å². The van der Waals surface area contributed by atoms with Gasteiger partial charge < -0.3 is 20.5 Å². The maximum absolute atomic E-state index is 12.8. The van der Waals surface area contributed by atoms with Crippen molar-refractivity contribution in [1.29, 1.82) is 0 Å². The molecule has 1 aromatic carbocycles. The third-order valence-electron chi connectivity index (χ3n) is 3.43. The quantitative estimate of drug-likeness (QED) is 0.460. The zero-order valence-electron chi connectivity index (χ0n) is 15.0. The monoisotopic (exact) mass is 380 g/mol. The molecular formula is C18H25FN4O2S. The highest BCUT2D eigenvalue weighted by atomic mass is 32.1. The smallest absolute Gasteiger partial charge is 0.191 e. The first-order chi connectivity index (χ1) is 12.6. The fourth-order valence-electron chi connectivity index (χ4n) is 2.07. The number of ether oxygens (including phenoxy) is 1. The topological polar surface area (TPSA) is 78.8 Å². The molecule has 142 valence electrons. The Morgan fingerprint density at radius 2 is 2.08 bits per heavy atom. The number of guanidine groups is 1. The Hall–Kier alpha value is -2.19. The van der Waals surface area contributed by atoms with Crippen LogP contribution in [0.5, 0.6) is 5.75 Å². The number of nitrogens with one attached hydrogen (secondary N) is 2. The van der Waals surface area contributed by atoms with Crippen molar-refractivity contribution in [1.82, 2.24) is 15.6 Å². The van der Waals surface area contributed by atoms with Crippen molar-refractivity contribution in [3.8, 4) is 5.75 Å². The van der Waals surface area contributed by atoms with Crippen molar-refractivity contribution in [2.75, 3.05) is 19.7 Å². The van der Waals surface area contributed by atoms with Gasteiger partial charge in [-0.2, -0.15) is 0 Å². The van der Waals surface area contributed by atoms with Crippen molar-refractivity contribution in [3.63, 3.8) is 0 Å². The summed E-state index contributed by atoms with van der Waals surface area (Å²) in [4.78, 5) is 10.1. The molecule has 26 heavy (non-hydrogen) atoms. The van der Waals surface area contributed by atoms with Gasteiger partial charge in [0.05, 0.1) is 6.54 Å². The van der Waals surface area contributed by atoms with Gasteiger partial charge in [-0.05, 0) is 37.6 Å². The summed E-state index contributed by atoms with van der Waals surface area (Å²) in [6, 6.07) is 5.69. The Morgan fingerprint density at radius 3 is 2.73 bits per heavy atom. The van der Waals surface area contributed by atoms with E-state index in [-0.39, 0.29) is 19.0 Å². The number of aryl methyl sites for hydroxylation is 1. The zero-order valence-corrected chi connectivity index (χ0v) is 15.9. The highest BCUT2D eigenvalue weighted by Gasteiger charge is 2.08. The maximum Gasteiger partial charge on any atom is 0.191 e. The lowest BCUT2D eigenvalue weighted by molar-refractivity contribution is 0.110. The minimum absolute atomic E-state index is 0.102. The summed E-state index contributed by atoms with van der Waals surface area (Å²) in [5, 5.41) is 17.2. The number of rotatable bonds is 9. The van der Waals surface area contributed by atoms with Gasteiger partial charge in [0, 0.05) is 24.2 Å². The molecule has 0 aliphatic carbocycles. The number of aliphatic hydroxyl groups excluding tert-OH is 1. The number of aromatic nitrogens is 1. The molecule has 0 saturated heterocycles. The van der Waals surface area contributed by atoms with Crippen LogP contribution < -0.4 is 15.4 Å². The summed E-state index contributed by atoms with van der Waals surface area (Å²) in [5.74, 6) is 0.806. The van der Waals surface area contributed by atoms with Gasteiger partial charge >= 0.3 is 0 Å². The van der Waals surface area contributed by atoms with Crippen LogP contribution in [0, 0.1) is 5.82 Å². The summed E-state index contributed by atoms with van der Waals surface area (Å²) in [7, 11) is 0. The van der Waals surface area contributed by atoms with Crippen LogP contribution in [0.3, 0.4) is 0 Å². The van der Waals surface area contributed by atoms with E-state index in [9.17, 15) is 9.50 Å². The molecule has 1 aromatic heterocycles. The molecular weight excluding hydrogens is 355 g/mol. The van der Waals surface area contributed by atoms with Gasteiger partial charge in [0.25, 0.3) is 0 Å². The first-order valence-corrected chi connectivity index (χ1v) is 9.44. The van der Waals surface area contributed by atoms with Crippen LogP contribution in [0.1, 0.15) is 23.7 Å². The van der Waals surface area contributed by atoms with E-state index in [2.05, 4.69) is 27.5 Å². The van der Waals surface area contributed by atoms with Gasteiger partial charge in [-0.25, -0.2) is 14.4 Å². The van der Waals surface area contributed by atoms with E-state index < -0.39 is 6.10 Å². The molecule has 0 radical (unpaired) electrons. The summed E-state index contributed by atoms with van der Waals surface area (Å²) in [6.07, 6.45) is 2.13. The normalized spacial score (nSPS) is 12.7. The van der Waals surface area contributed by atoms with Gasteiger partial charge in [-0.15, -0.1) is 11.3 Å². The third-order valence-corrected chi connectivity index (χ3v) is 4.55. The SMILES string of the molecule is CCNC(=NCc1ncc(CC)s1)NCC(O)COc1ccc(F)cc1. The number of benzene rings is 1. The fraction of sp³-hybridized carbons (Fsp3) is 0.444. The van der Waals surface area contributed by atoms with Crippen molar-refractivity contribution in [2.45, 2.75) is 32.9 Å². The minimum Gasteiger partial charge on any atom is -0.491 e. The number of aliphatic hydroxyl groups is 1. The van der Waals surface area contributed by atoms with Crippen LogP contribution in [0.25, 0.3) is 0 Å². The van der Waals surface area contributed by atoms with Crippen molar-refractivity contribution < 1.29 is 14.2 Å². The second kappa shape index (κ2) is 10.7. The predicted octanol–water partition coefficient (Wildman–Crippen LogP) is 2.34. The van der Waals surface area contributed by atoms with E-state index in [1.54, 1.807) is 11.3 Å². The second-order valence-corrected chi connectivity index (χ2v) is 6.77. The molecule has 1 unspecified atom stereocenters. The number of nitrogens with zero attached hydrogens (tertiary/aromatic N) is 2. The van der Waals surface area contributed by atoms with E-state index in [4.69, 9.17) is 4.74 Å². The zero-order chi connectivity index (χ0) is 18.8. The lowest BCUT2D eigenvalue weighted by atomic mass is 10.3. The number of aliphatic imine (C=N–C) groups is 1. The molecule has 3 N–H and O–H groups in total. The van der Waals surface area contributed by atoms with Crippen LogP contribution in [-0.2, 0) is 13.0 Å². The summed E-state index contributed by atoms with van der Waals surface area (Å²) in [6.45, 7) is 5.66. The minimum atomic E-state index is -0.726. The van der Waals surface area contributed by atoms with E-state index in [0.29, 0.717) is 24.8 Å². The molecule has 0 bridgehead atoms. The molecule has 0 aliphatic rings. The van der Waals surface area contributed by atoms with Crippen LogP contribution in [0.4, 0.5) is 4.39 Å². The Bertz CT molecular complexity index is 691. The molecule has 6 nitrogen and oxygen atoms in total. The Labute approximate surface area is 157 Å². The molecule has 2 rings (SSSR count). The Morgan fingerprint density at radius 1 is 1.31 bits per heavy atom. The predicted molar refractivity (Wildman–Crippen MR) is 102 cm³/mol. The average Bonchev–Trinajstić information content (AvgIpc) is 3.11. The molecule has 8 heteroatoms. The van der Waals surface area contributed by atoms with Gasteiger partial charge in [-0.1, -0.05) is 6.92 Å². The average molecular weight is 380 g/mol. The molecule has 0 aliphatic heterocycles. The van der Waals surface area contributed by atoms with Gasteiger partial charge in [0.1, 0.15) is 29.3 Å². The van der Waals surface area contributed by atoms with Crippen LogP contribution >= 0.6 is 11.3 Å². The summed E-state index contributed by atoms with van der Waals surface area (Å²) >= 11 is 1.65. The lowest BCUT2D eigenvalue weighted by Crippen LogP contribution is -2.42. The van der Waals surface area contributed by atoms with Crippen LogP contribution in [0.2, 0.25) is 0 Å². The standard InChI is InChI=1S/C18H25FN4O2S/c1-3-16-10-21-17(26-16)11-23-18(20-4-2)22-9-14(24)12-25-15-7-5-13(19)6-8-15/h5-8,10,14,24H,3-4,9,11-12H2,1-2H3,(H2,20,22,23). The Kier molecular flexibility index (Phi) is 8.30. The fourth-order valence-corrected chi connectivity index (χ4v) is 2.86. The van der Waals surface area contributed by atoms with Crippen molar-refractivity contribution >= 4 is 17.3 Å². The van der Waals surface area contributed by atoms with E-state index in [1.807, 2.05) is 13.1 Å². The molecule has 0 saturated carbocycles. The second-order valence-electron chi connectivity index (χ2n) is 5.57. The number of thiazole rings is 1. The highest BCUT2D eigenvalue weighted by molar-refractivity contribution is 7.11. The molecule has 1 heterocycles. The first-order valence-electron chi connectivity index (χ1n) is 8.62. The summed E-state index contributed by atoms with van der Waals surface area (Å²) in [5.41, 5.74) is 0. The Balaban J connectivity index is 1.78. The largest absolute Gasteiger partial charge is 0.491 e. The third kappa shape index (κ3) is 6.97. The molecule has 0 amide bonds. The highest BCUT2D eigenvalue weighted by Crippen LogP contribution is 2.14.